The van der Waals surface area contributed by atoms with Crippen molar-refractivity contribution < 1.29 is 0 Å². The molecule has 90 valence electrons. The summed E-state index contributed by atoms with van der Waals surface area (Å²) in [4.78, 5) is 0. The molecule has 0 atom stereocenters. The number of aromatic nitrogens is 3. The molecule has 0 spiro atoms. The average Bonchev–Trinajstić information content (AvgIpc) is 2.72. The summed E-state index contributed by atoms with van der Waals surface area (Å²) in [6, 6.07) is 9.16. The topological polar surface area (TPSA) is 56.2 Å². The predicted octanol–water partition coefficient (Wildman–Crippen LogP) is 3.39. The predicted molar refractivity (Wildman–Crippen MR) is 75.5 cm³/mol. The number of fused-ring (bicyclic) bond motifs is 1. The monoisotopic (exact) mass is 322 g/mol. The summed E-state index contributed by atoms with van der Waals surface area (Å²) in [7, 11) is 0. The highest BCUT2D eigenvalue weighted by atomic mass is 79.9. The van der Waals surface area contributed by atoms with Crippen LogP contribution in [-0.2, 0) is 0 Å². The van der Waals surface area contributed by atoms with Crippen LogP contribution in [0.5, 0.6) is 0 Å². The Morgan fingerprint density at radius 2 is 2.00 bits per heavy atom. The summed E-state index contributed by atoms with van der Waals surface area (Å²) in [5.74, 6) is 0.634. The van der Waals surface area contributed by atoms with Crippen molar-refractivity contribution in [2.75, 3.05) is 5.73 Å². The molecule has 18 heavy (non-hydrogen) atoms. The lowest BCUT2D eigenvalue weighted by Gasteiger charge is -2.06. The normalized spacial score (nSPS) is 11.0. The van der Waals surface area contributed by atoms with Gasteiger partial charge in [-0.25, -0.2) is 0 Å². The highest BCUT2D eigenvalue weighted by molar-refractivity contribution is 9.10. The van der Waals surface area contributed by atoms with E-state index in [0.717, 1.165) is 10.1 Å². The van der Waals surface area contributed by atoms with Crippen molar-refractivity contribution in [1.82, 2.24) is 14.6 Å². The smallest absolute Gasteiger partial charge is 0.171 e. The molecular weight excluding hydrogens is 316 g/mol. The van der Waals surface area contributed by atoms with Crippen molar-refractivity contribution in [1.29, 1.82) is 0 Å². The molecule has 2 aromatic heterocycles. The highest BCUT2D eigenvalue weighted by Crippen LogP contribution is 2.32. The van der Waals surface area contributed by atoms with Gasteiger partial charge < -0.3 is 5.73 Å². The molecular formula is C12H8BrClN4. The van der Waals surface area contributed by atoms with Crippen LogP contribution in [0.1, 0.15) is 0 Å². The Balaban J connectivity index is 2.35. The Morgan fingerprint density at radius 3 is 2.78 bits per heavy atom. The largest absolute Gasteiger partial charge is 0.398 e. The van der Waals surface area contributed by atoms with Gasteiger partial charge in [-0.2, -0.15) is 0 Å². The minimum atomic E-state index is 0.560. The van der Waals surface area contributed by atoms with E-state index in [4.69, 9.17) is 17.3 Å². The van der Waals surface area contributed by atoms with E-state index < -0.39 is 0 Å². The summed E-state index contributed by atoms with van der Waals surface area (Å²) in [5.41, 5.74) is 7.99. The second kappa shape index (κ2) is 4.26. The molecule has 0 radical (unpaired) electrons. The first-order valence-corrected chi connectivity index (χ1v) is 6.38. The van der Waals surface area contributed by atoms with E-state index in [1.807, 2.05) is 22.7 Å². The van der Waals surface area contributed by atoms with Crippen molar-refractivity contribution >= 4 is 38.9 Å². The van der Waals surface area contributed by atoms with Crippen molar-refractivity contribution in [2.45, 2.75) is 0 Å². The molecule has 0 unspecified atom stereocenters. The van der Waals surface area contributed by atoms with Crippen LogP contribution in [0.15, 0.2) is 41.0 Å². The molecule has 0 aliphatic rings. The molecule has 2 N–H and O–H groups in total. The zero-order chi connectivity index (χ0) is 12.7. The molecule has 0 amide bonds. The SMILES string of the molecule is Nc1cccc(Cl)c1-c1nnc2ccc(Br)cn12. The Bertz CT molecular complexity index is 718. The molecule has 0 bridgehead atoms. The summed E-state index contributed by atoms with van der Waals surface area (Å²) in [5, 5.41) is 8.81. The third-order valence-corrected chi connectivity index (χ3v) is 3.42. The number of nitrogen functional groups attached to an aromatic ring is 1. The van der Waals surface area contributed by atoms with Gasteiger partial charge in [0.25, 0.3) is 0 Å². The van der Waals surface area contributed by atoms with Gasteiger partial charge in [0.1, 0.15) is 0 Å². The second-order valence-electron chi connectivity index (χ2n) is 3.80. The quantitative estimate of drug-likeness (QED) is 0.698. The minimum Gasteiger partial charge on any atom is -0.398 e. The molecule has 1 aromatic carbocycles. The Morgan fingerprint density at radius 1 is 1.17 bits per heavy atom. The van der Waals surface area contributed by atoms with E-state index in [1.54, 1.807) is 18.2 Å². The van der Waals surface area contributed by atoms with Crippen molar-refractivity contribution in [3.8, 4) is 11.4 Å². The Labute approximate surface area is 117 Å². The zero-order valence-corrected chi connectivity index (χ0v) is 11.5. The molecule has 6 heteroatoms. The van der Waals surface area contributed by atoms with E-state index in [9.17, 15) is 0 Å². The maximum Gasteiger partial charge on any atom is 0.171 e. The molecule has 3 rings (SSSR count). The van der Waals surface area contributed by atoms with E-state index in [2.05, 4.69) is 26.1 Å². The molecule has 0 saturated heterocycles. The van der Waals surface area contributed by atoms with Crippen LogP contribution in [0.3, 0.4) is 0 Å². The second-order valence-corrected chi connectivity index (χ2v) is 5.13. The summed E-state index contributed by atoms with van der Waals surface area (Å²) in [6.07, 6.45) is 1.88. The molecule has 0 aliphatic heterocycles. The summed E-state index contributed by atoms with van der Waals surface area (Å²) < 4.78 is 2.78. The van der Waals surface area contributed by atoms with Gasteiger partial charge in [0.15, 0.2) is 11.5 Å². The molecule has 4 nitrogen and oxygen atoms in total. The van der Waals surface area contributed by atoms with Crippen LogP contribution in [-0.4, -0.2) is 14.6 Å². The van der Waals surface area contributed by atoms with Gasteiger partial charge in [-0.3, -0.25) is 4.40 Å². The average molecular weight is 324 g/mol. The number of hydrogen-bond acceptors (Lipinski definition) is 3. The summed E-state index contributed by atoms with van der Waals surface area (Å²) >= 11 is 9.61. The van der Waals surface area contributed by atoms with Crippen LogP contribution >= 0.6 is 27.5 Å². The maximum absolute atomic E-state index is 6.19. The van der Waals surface area contributed by atoms with Gasteiger partial charge >= 0.3 is 0 Å². The fraction of sp³-hybridized carbons (Fsp3) is 0. The number of anilines is 1. The third kappa shape index (κ3) is 1.76. The lowest BCUT2D eigenvalue weighted by atomic mass is 10.1. The molecule has 0 fully saturated rings. The number of rotatable bonds is 1. The van der Waals surface area contributed by atoms with Crippen LogP contribution in [0.2, 0.25) is 5.02 Å². The molecule has 0 aliphatic carbocycles. The number of nitrogens with two attached hydrogens (primary N) is 1. The molecule has 3 aromatic rings. The lowest BCUT2D eigenvalue weighted by Crippen LogP contribution is -1.95. The first kappa shape index (κ1) is 11.5. The number of pyridine rings is 1. The molecule has 0 saturated carbocycles. The number of benzene rings is 1. The van der Waals surface area contributed by atoms with Crippen LogP contribution < -0.4 is 5.73 Å². The van der Waals surface area contributed by atoms with Crippen LogP contribution in [0.4, 0.5) is 5.69 Å². The van der Waals surface area contributed by atoms with E-state index >= 15 is 0 Å². The fourth-order valence-electron chi connectivity index (χ4n) is 1.81. The van der Waals surface area contributed by atoms with Gasteiger partial charge in [-0.15, -0.1) is 10.2 Å². The number of hydrogen-bond donors (Lipinski definition) is 1. The maximum atomic E-state index is 6.19. The minimum absolute atomic E-state index is 0.560. The van der Waals surface area contributed by atoms with E-state index in [0.29, 0.717) is 22.1 Å². The van der Waals surface area contributed by atoms with Gasteiger partial charge in [-0.05, 0) is 40.2 Å². The molecule has 2 heterocycles. The fourth-order valence-corrected chi connectivity index (χ4v) is 2.42. The third-order valence-electron chi connectivity index (χ3n) is 2.64. The van der Waals surface area contributed by atoms with Gasteiger partial charge in [-0.1, -0.05) is 17.7 Å². The zero-order valence-electron chi connectivity index (χ0n) is 9.14. The van der Waals surface area contributed by atoms with E-state index in [1.165, 1.54) is 0 Å². The van der Waals surface area contributed by atoms with Crippen molar-refractivity contribution in [3.05, 3.63) is 46.0 Å². The number of nitrogens with zero attached hydrogens (tertiary/aromatic N) is 3. The first-order chi connectivity index (χ1) is 8.66. The first-order valence-electron chi connectivity index (χ1n) is 5.21. The van der Waals surface area contributed by atoms with Crippen molar-refractivity contribution in [2.24, 2.45) is 0 Å². The highest BCUT2D eigenvalue weighted by Gasteiger charge is 2.14. The summed E-state index contributed by atoms with van der Waals surface area (Å²) in [6.45, 7) is 0. The van der Waals surface area contributed by atoms with Crippen LogP contribution in [0, 0.1) is 0 Å². The number of halogens is 2. The van der Waals surface area contributed by atoms with Gasteiger partial charge in [0.05, 0.1) is 10.6 Å². The Hall–Kier alpha value is -1.59. The van der Waals surface area contributed by atoms with E-state index in [-0.39, 0.29) is 0 Å². The van der Waals surface area contributed by atoms with Gasteiger partial charge in [0.2, 0.25) is 0 Å². The van der Waals surface area contributed by atoms with Gasteiger partial charge in [0, 0.05) is 16.4 Å². The van der Waals surface area contributed by atoms with Crippen LogP contribution in [0.25, 0.3) is 17.0 Å². The van der Waals surface area contributed by atoms with Crippen molar-refractivity contribution in [3.63, 3.8) is 0 Å². The standard InChI is InChI=1S/C12H8BrClN4/c13-7-4-5-10-16-17-12(18(10)6-7)11-8(14)2-1-3-9(11)15/h1-6H,15H2. The lowest BCUT2D eigenvalue weighted by molar-refractivity contribution is 1.11. The Kier molecular flexibility index (Phi) is 2.72.